The number of carbonyl (C=O) groups excluding carboxylic acids is 1. The monoisotopic (exact) mass is 397 g/mol. The third-order valence-electron chi connectivity index (χ3n) is 3.30. The topological polar surface area (TPSA) is 47.6 Å². The number of amides is 1. The van der Waals surface area contributed by atoms with E-state index in [1.54, 1.807) is 37.4 Å². The summed E-state index contributed by atoms with van der Waals surface area (Å²) in [4.78, 5) is 12.0. The Hall–Kier alpha value is -1.72. The summed E-state index contributed by atoms with van der Waals surface area (Å²) in [6.45, 7) is 3.70. The van der Waals surface area contributed by atoms with Crippen LogP contribution in [0.25, 0.3) is 0 Å². The summed E-state index contributed by atoms with van der Waals surface area (Å²) in [6, 6.07) is 8.89. The standard InChI is InChI=1S/C17H17BrClNO3/c1-10-8-14(16(18)11(2)17(10)19)23-9-15(21)20-12-4-6-13(22-3)7-5-12/h4-8H,9H2,1-3H3,(H,20,21). The second-order valence-electron chi connectivity index (χ2n) is 5.01. The van der Waals surface area contributed by atoms with Crippen LogP contribution in [0.2, 0.25) is 5.02 Å². The number of hydrogen-bond donors (Lipinski definition) is 1. The lowest BCUT2D eigenvalue weighted by molar-refractivity contribution is -0.118. The summed E-state index contributed by atoms with van der Waals surface area (Å²) >= 11 is 9.62. The maximum atomic E-state index is 12.0. The van der Waals surface area contributed by atoms with Crippen molar-refractivity contribution in [3.8, 4) is 11.5 Å². The molecule has 23 heavy (non-hydrogen) atoms. The number of aryl methyl sites for hydroxylation is 1. The van der Waals surface area contributed by atoms with Gasteiger partial charge in [0.2, 0.25) is 0 Å². The molecule has 0 fully saturated rings. The molecule has 0 aromatic heterocycles. The van der Waals surface area contributed by atoms with Crippen LogP contribution >= 0.6 is 27.5 Å². The molecule has 0 spiro atoms. The molecule has 0 aliphatic heterocycles. The second-order valence-corrected chi connectivity index (χ2v) is 6.18. The fraction of sp³-hybridized carbons (Fsp3) is 0.235. The number of carbonyl (C=O) groups is 1. The van der Waals surface area contributed by atoms with Crippen LogP contribution in [0.3, 0.4) is 0 Å². The molecule has 2 aromatic rings. The molecular formula is C17H17BrClNO3. The molecule has 0 aliphatic rings. The van der Waals surface area contributed by atoms with Gasteiger partial charge in [0.15, 0.2) is 6.61 Å². The molecular weight excluding hydrogens is 382 g/mol. The largest absolute Gasteiger partial charge is 0.497 e. The van der Waals surface area contributed by atoms with E-state index in [9.17, 15) is 4.79 Å². The summed E-state index contributed by atoms with van der Waals surface area (Å²) in [7, 11) is 1.59. The highest BCUT2D eigenvalue weighted by Gasteiger charge is 2.12. The van der Waals surface area contributed by atoms with Gasteiger partial charge in [-0.15, -0.1) is 0 Å². The molecule has 0 unspecified atom stereocenters. The Kier molecular flexibility index (Phi) is 5.91. The van der Waals surface area contributed by atoms with Gasteiger partial charge in [0.1, 0.15) is 11.5 Å². The van der Waals surface area contributed by atoms with E-state index in [-0.39, 0.29) is 12.5 Å². The number of benzene rings is 2. The molecule has 0 atom stereocenters. The van der Waals surface area contributed by atoms with Crippen molar-refractivity contribution in [1.29, 1.82) is 0 Å². The van der Waals surface area contributed by atoms with Gasteiger partial charge < -0.3 is 14.8 Å². The number of ether oxygens (including phenoxy) is 2. The molecule has 0 heterocycles. The van der Waals surface area contributed by atoms with Crippen LogP contribution in [0, 0.1) is 13.8 Å². The number of halogens is 2. The Morgan fingerprint density at radius 1 is 1.26 bits per heavy atom. The molecule has 0 saturated heterocycles. The highest BCUT2D eigenvalue weighted by Crippen LogP contribution is 2.35. The van der Waals surface area contributed by atoms with E-state index in [2.05, 4.69) is 21.2 Å². The molecule has 1 amide bonds. The number of nitrogens with one attached hydrogen (secondary N) is 1. The molecule has 1 N–H and O–H groups in total. The van der Waals surface area contributed by atoms with Crippen LogP contribution in [0.5, 0.6) is 11.5 Å². The predicted molar refractivity (Wildman–Crippen MR) is 95.7 cm³/mol. The van der Waals surface area contributed by atoms with Crippen LogP contribution in [-0.2, 0) is 4.79 Å². The Morgan fingerprint density at radius 3 is 2.52 bits per heavy atom. The molecule has 2 rings (SSSR count). The fourth-order valence-electron chi connectivity index (χ4n) is 2.02. The van der Waals surface area contributed by atoms with Gasteiger partial charge in [-0.2, -0.15) is 0 Å². The normalized spacial score (nSPS) is 10.3. The number of hydrogen-bond acceptors (Lipinski definition) is 3. The molecule has 4 nitrogen and oxygen atoms in total. The zero-order valence-corrected chi connectivity index (χ0v) is 15.4. The van der Waals surface area contributed by atoms with Crippen LogP contribution in [0.4, 0.5) is 5.69 Å². The summed E-state index contributed by atoms with van der Waals surface area (Å²) in [6.07, 6.45) is 0. The molecule has 6 heteroatoms. The fourth-order valence-corrected chi connectivity index (χ4v) is 2.71. The smallest absolute Gasteiger partial charge is 0.262 e. The van der Waals surface area contributed by atoms with E-state index in [1.165, 1.54) is 0 Å². The lowest BCUT2D eigenvalue weighted by Crippen LogP contribution is -2.20. The van der Waals surface area contributed by atoms with Crippen molar-refractivity contribution in [3.05, 3.63) is 51.0 Å². The predicted octanol–water partition coefficient (Wildman–Crippen LogP) is 4.75. The van der Waals surface area contributed by atoms with Crippen LogP contribution in [-0.4, -0.2) is 19.6 Å². The molecule has 0 bridgehead atoms. The lowest BCUT2D eigenvalue weighted by atomic mass is 10.1. The second kappa shape index (κ2) is 7.70. The Bertz CT molecular complexity index is 717. The molecule has 0 radical (unpaired) electrons. The third kappa shape index (κ3) is 4.39. The molecule has 0 saturated carbocycles. The van der Waals surface area contributed by atoms with E-state index in [1.807, 2.05) is 13.8 Å². The first-order valence-electron chi connectivity index (χ1n) is 6.94. The van der Waals surface area contributed by atoms with Crippen molar-refractivity contribution < 1.29 is 14.3 Å². The van der Waals surface area contributed by atoms with Gasteiger partial charge in [-0.1, -0.05) is 11.6 Å². The molecule has 0 aliphatic carbocycles. The minimum Gasteiger partial charge on any atom is -0.497 e. The van der Waals surface area contributed by atoms with Gasteiger partial charge in [0.05, 0.1) is 11.6 Å². The van der Waals surface area contributed by atoms with Gasteiger partial charge in [0, 0.05) is 10.7 Å². The van der Waals surface area contributed by atoms with E-state index in [4.69, 9.17) is 21.1 Å². The van der Waals surface area contributed by atoms with Crippen molar-refractivity contribution in [2.24, 2.45) is 0 Å². The SMILES string of the molecule is COc1ccc(NC(=O)COc2cc(C)c(Cl)c(C)c2Br)cc1. The number of anilines is 1. The van der Waals surface area contributed by atoms with Crippen LogP contribution in [0.1, 0.15) is 11.1 Å². The van der Waals surface area contributed by atoms with Crippen molar-refractivity contribution >= 4 is 39.1 Å². The van der Waals surface area contributed by atoms with E-state index >= 15 is 0 Å². The zero-order chi connectivity index (χ0) is 17.0. The number of methoxy groups -OCH3 is 1. The maximum Gasteiger partial charge on any atom is 0.262 e. The van der Waals surface area contributed by atoms with Crippen molar-refractivity contribution in [1.82, 2.24) is 0 Å². The molecule has 122 valence electrons. The average molecular weight is 399 g/mol. The van der Waals surface area contributed by atoms with Crippen molar-refractivity contribution in [2.45, 2.75) is 13.8 Å². The minimum atomic E-state index is -0.243. The lowest BCUT2D eigenvalue weighted by Gasteiger charge is -2.13. The van der Waals surface area contributed by atoms with E-state index < -0.39 is 0 Å². The first-order valence-corrected chi connectivity index (χ1v) is 8.11. The van der Waals surface area contributed by atoms with Crippen LogP contribution in [0.15, 0.2) is 34.8 Å². The Morgan fingerprint density at radius 2 is 1.91 bits per heavy atom. The average Bonchev–Trinajstić information content (AvgIpc) is 2.55. The highest BCUT2D eigenvalue weighted by molar-refractivity contribution is 9.10. The van der Waals surface area contributed by atoms with E-state index in [0.717, 1.165) is 21.3 Å². The van der Waals surface area contributed by atoms with Gasteiger partial charge in [-0.25, -0.2) is 0 Å². The maximum absolute atomic E-state index is 12.0. The first kappa shape index (κ1) is 17.6. The summed E-state index contributed by atoms with van der Waals surface area (Å²) in [5, 5.41) is 3.45. The summed E-state index contributed by atoms with van der Waals surface area (Å²) in [5.74, 6) is 1.08. The third-order valence-corrected chi connectivity index (χ3v) is 4.87. The van der Waals surface area contributed by atoms with Gasteiger partial charge >= 0.3 is 0 Å². The molecule has 2 aromatic carbocycles. The van der Waals surface area contributed by atoms with Gasteiger partial charge in [0.25, 0.3) is 5.91 Å². The minimum absolute atomic E-state index is 0.0921. The Labute approximate surface area is 148 Å². The van der Waals surface area contributed by atoms with Crippen molar-refractivity contribution in [2.75, 3.05) is 19.0 Å². The first-order chi connectivity index (χ1) is 10.9. The van der Waals surface area contributed by atoms with Gasteiger partial charge in [-0.3, -0.25) is 4.79 Å². The summed E-state index contributed by atoms with van der Waals surface area (Å²) < 4.78 is 11.4. The Balaban J connectivity index is 1.99. The highest BCUT2D eigenvalue weighted by atomic mass is 79.9. The van der Waals surface area contributed by atoms with E-state index in [0.29, 0.717) is 16.5 Å². The van der Waals surface area contributed by atoms with Gasteiger partial charge in [-0.05, 0) is 71.2 Å². The zero-order valence-electron chi connectivity index (χ0n) is 13.1. The van der Waals surface area contributed by atoms with Crippen LogP contribution < -0.4 is 14.8 Å². The van der Waals surface area contributed by atoms with Crippen molar-refractivity contribution in [3.63, 3.8) is 0 Å². The quantitative estimate of drug-likeness (QED) is 0.791. The number of rotatable bonds is 5. The summed E-state index contributed by atoms with van der Waals surface area (Å²) in [5.41, 5.74) is 2.47.